The van der Waals surface area contributed by atoms with Crippen molar-refractivity contribution >= 4 is 35.0 Å². The number of nitrogens with zero attached hydrogens (tertiary/aromatic N) is 1. The first-order valence-corrected chi connectivity index (χ1v) is 6.74. The van der Waals surface area contributed by atoms with E-state index in [0.717, 1.165) is 11.8 Å². The van der Waals surface area contributed by atoms with Gasteiger partial charge in [-0.25, -0.2) is 4.98 Å². The lowest BCUT2D eigenvalue weighted by Gasteiger charge is -2.06. The molecule has 2 rings (SSSR count). The number of hydrogen-bond donors (Lipinski definition) is 2. The molecule has 0 aliphatic heterocycles. The van der Waals surface area contributed by atoms with Crippen LogP contribution in [0, 0.1) is 0 Å². The number of hydrogen-bond acceptors (Lipinski definition) is 4. The Bertz CT molecular complexity index is 645. The zero-order valence-corrected chi connectivity index (χ0v) is 11.3. The number of aromatic amines is 1. The van der Waals surface area contributed by atoms with Gasteiger partial charge in [0.1, 0.15) is 0 Å². The molecule has 98 valence electrons. The minimum absolute atomic E-state index is 0.137. The smallest absolute Gasteiger partial charge is 0.251 e. The summed E-state index contributed by atoms with van der Waals surface area (Å²) in [6.45, 7) is 0. The molecular formula is C12H10ClN3O2S. The fraction of sp³-hybridized carbons (Fsp3) is 0.0833. The second-order valence-corrected chi connectivity index (χ2v) is 4.93. The highest BCUT2D eigenvalue weighted by Gasteiger charge is 2.06. The van der Waals surface area contributed by atoms with Crippen LogP contribution in [0.4, 0.5) is 5.69 Å². The molecule has 0 spiro atoms. The minimum atomic E-state index is -0.246. The molecule has 1 aromatic carbocycles. The second-order valence-electron chi connectivity index (χ2n) is 3.56. The van der Waals surface area contributed by atoms with Crippen LogP contribution < -0.4 is 10.9 Å². The fourth-order valence-electron chi connectivity index (χ4n) is 1.31. The first-order chi connectivity index (χ1) is 9.15. The quantitative estimate of drug-likeness (QED) is 0.669. The van der Waals surface area contributed by atoms with Gasteiger partial charge in [0.25, 0.3) is 5.56 Å². The van der Waals surface area contributed by atoms with Crippen LogP contribution >= 0.6 is 23.4 Å². The van der Waals surface area contributed by atoms with E-state index >= 15 is 0 Å². The zero-order chi connectivity index (χ0) is 13.7. The van der Waals surface area contributed by atoms with Gasteiger partial charge in [-0.05, 0) is 12.1 Å². The van der Waals surface area contributed by atoms with Gasteiger partial charge in [0.15, 0.2) is 5.16 Å². The van der Waals surface area contributed by atoms with E-state index in [9.17, 15) is 9.59 Å². The van der Waals surface area contributed by atoms with E-state index in [1.165, 1.54) is 12.3 Å². The Hall–Kier alpha value is -1.79. The van der Waals surface area contributed by atoms with Crippen molar-refractivity contribution in [1.29, 1.82) is 0 Å². The summed E-state index contributed by atoms with van der Waals surface area (Å²) in [6, 6.07) is 8.29. The van der Waals surface area contributed by atoms with Crippen LogP contribution in [0.15, 0.2) is 46.5 Å². The Morgan fingerprint density at radius 3 is 2.89 bits per heavy atom. The first kappa shape index (κ1) is 13.6. The number of H-pyrrole nitrogens is 1. The van der Waals surface area contributed by atoms with E-state index in [2.05, 4.69) is 15.3 Å². The molecule has 0 unspecified atom stereocenters. The number of nitrogens with one attached hydrogen (secondary N) is 2. The Labute approximate surface area is 118 Å². The number of carbonyl (C=O) groups is 1. The molecule has 0 radical (unpaired) electrons. The topological polar surface area (TPSA) is 74.8 Å². The van der Waals surface area contributed by atoms with Gasteiger partial charge in [0.05, 0.1) is 16.5 Å². The van der Waals surface area contributed by atoms with Gasteiger partial charge in [-0.15, -0.1) is 0 Å². The van der Waals surface area contributed by atoms with Crippen molar-refractivity contribution in [2.45, 2.75) is 5.16 Å². The second kappa shape index (κ2) is 6.40. The number of amides is 1. The molecule has 0 fully saturated rings. The summed E-state index contributed by atoms with van der Waals surface area (Å²) < 4.78 is 0. The van der Waals surface area contributed by atoms with E-state index in [1.807, 2.05) is 0 Å². The molecular weight excluding hydrogens is 286 g/mol. The van der Waals surface area contributed by atoms with E-state index in [1.54, 1.807) is 24.3 Å². The van der Waals surface area contributed by atoms with Crippen LogP contribution in [0.3, 0.4) is 0 Å². The van der Waals surface area contributed by atoms with Crippen LogP contribution in [0.2, 0.25) is 5.02 Å². The summed E-state index contributed by atoms with van der Waals surface area (Å²) >= 11 is 7.07. The van der Waals surface area contributed by atoms with Gasteiger partial charge in [0, 0.05) is 12.3 Å². The van der Waals surface area contributed by atoms with Crippen LogP contribution in [0.1, 0.15) is 0 Å². The molecule has 0 aliphatic carbocycles. The molecule has 0 saturated carbocycles. The van der Waals surface area contributed by atoms with E-state index in [-0.39, 0.29) is 17.2 Å². The van der Waals surface area contributed by atoms with Gasteiger partial charge in [0.2, 0.25) is 5.91 Å². The van der Waals surface area contributed by atoms with Gasteiger partial charge >= 0.3 is 0 Å². The van der Waals surface area contributed by atoms with Gasteiger partial charge in [-0.3, -0.25) is 9.59 Å². The van der Waals surface area contributed by atoms with E-state index in [4.69, 9.17) is 11.6 Å². The van der Waals surface area contributed by atoms with Crippen molar-refractivity contribution in [3.63, 3.8) is 0 Å². The van der Waals surface area contributed by atoms with E-state index < -0.39 is 0 Å². The van der Waals surface area contributed by atoms with Crippen LogP contribution in [-0.4, -0.2) is 21.6 Å². The third-order valence-electron chi connectivity index (χ3n) is 2.14. The molecule has 1 amide bonds. The standard InChI is InChI=1S/C12H10ClN3O2S/c13-8-3-1-2-4-9(8)15-11(18)7-19-12-14-6-5-10(17)16-12/h1-6H,7H2,(H,15,18)(H,14,16,17). The van der Waals surface area contributed by atoms with E-state index in [0.29, 0.717) is 15.9 Å². The predicted molar refractivity (Wildman–Crippen MR) is 75.7 cm³/mol. The summed E-state index contributed by atoms with van der Waals surface area (Å²) in [5.74, 6) is -0.0809. The largest absolute Gasteiger partial charge is 0.324 e. The highest BCUT2D eigenvalue weighted by molar-refractivity contribution is 7.99. The lowest BCUT2D eigenvalue weighted by molar-refractivity contribution is -0.113. The van der Waals surface area contributed by atoms with Crippen molar-refractivity contribution in [1.82, 2.24) is 9.97 Å². The maximum atomic E-state index is 11.7. The summed E-state index contributed by atoms with van der Waals surface area (Å²) in [7, 11) is 0. The number of benzene rings is 1. The van der Waals surface area contributed by atoms with Crippen molar-refractivity contribution in [3.8, 4) is 0 Å². The maximum absolute atomic E-state index is 11.7. The SMILES string of the molecule is O=C(CSc1nccc(=O)[nH]1)Nc1ccccc1Cl. The number of thioether (sulfide) groups is 1. The molecule has 2 N–H and O–H groups in total. The lowest BCUT2D eigenvalue weighted by Crippen LogP contribution is -2.15. The highest BCUT2D eigenvalue weighted by Crippen LogP contribution is 2.21. The van der Waals surface area contributed by atoms with Crippen LogP contribution in [0.25, 0.3) is 0 Å². The van der Waals surface area contributed by atoms with Crippen molar-refractivity contribution in [2.75, 3.05) is 11.1 Å². The zero-order valence-electron chi connectivity index (χ0n) is 9.72. The molecule has 0 bridgehead atoms. The summed E-state index contributed by atoms with van der Waals surface area (Å²) in [4.78, 5) is 29.2. The lowest BCUT2D eigenvalue weighted by atomic mass is 10.3. The van der Waals surface area contributed by atoms with Crippen LogP contribution in [0.5, 0.6) is 0 Å². The third kappa shape index (κ3) is 4.11. The number of anilines is 1. The van der Waals surface area contributed by atoms with Gasteiger partial charge in [-0.1, -0.05) is 35.5 Å². The average molecular weight is 296 g/mol. The number of rotatable bonds is 4. The van der Waals surface area contributed by atoms with Crippen molar-refractivity contribution < 1.29 is 4.79 Å². The highest BCUT2D eigenvalue weighted by atomic mass is 35.5. The molecule has 19 heavy (non-hydrogen) atoms. The Balaban J connectivity index is 1.92. The van der Waals surface area contributed by atoms with Crippen molar-refractivity contribution in [3.05, 3.63) is 51.9 Å². The average Bonchev–Trinajstić information content (AvgIpc) is 2.39. The molecule has 0 aliphatic rings. The van der Waals surface area contributed by atoms with Gasteiger partial charge in [-0.2, -0.15) is 0 Å². The molecule has 0 saturated heterocycles. The number of carbonyl (C=O) groups excluding carboxylic acids is 1. The fourth-order valence-corrected chi connectivity index (χ4v) is 2.14. The molecule has 7 heteroatoms. The Kier molecular flexibility index (Phi) is 4.59. The number of halogens is 1. The monoisotopic (exact) mass is 295 g/mol. The van der Waals surface area contributed by atoms with Gasteiger partial charge < -0.3 is 10.3 Å². The summed E-state index contributed by atoms with van der Waals surface area (Å²) in [6.07, 6.45) is 1.40. The van der Waals surface area contributed by atoms with Crippen molar-refractivity contribution in [2.24, 2.45) is 0 Å². The van der Waals surface area contributed by atoms with Crippen LogP contribution in [-0.2, 0) is 4.79 Å². The summed E-state index contributed by atoms with van der Waals surface area (Å²) in [5, 5.41) is 3.57. The summed E-state index contributed by atoms with van der Waals surface area (Å²) in [5.41, 5.74) is 0.313. The third-order valence-corrected chi connectivity index (χ3v) is 3.35. The molecule has 2 aromatic rings. The normalized spacial score (nSPS) is 10.2. The predicted octanol–water partition coefficient (Wildman–Crippen LogP) is 2.15. The minimum Gasteiger partial charge on any atom is -0.324 e. The Morgan fingerprint density at radius 2 is 2.16 bits per heavy atom. The first-order valence-electron chi connectivity index (χ1n) is 5.37. The number of aromatic nitrogens is 2. The molecule has 1 aromatic heterocycles. The maximum Gasteiger partial charge on any atom is 0.251 e. The Morgan fingerprint density at radius 1 is 1.37 bits per heavy atom. The number of para-hydroxylation sites is 1. The molecule has 5 nitrogen and oxygen atoms in total. The molecule has 1 heterocycles. The molecule has 0 atom stereocenters.